The van der Waals surface area contributed by atoms with Crippen LogP contribution in [0.5, 0.6) is 0 Å². The summed E-state index contributed by atoms with van der Waals surface area (Å²) in [5, 5.41) is 3.21. The minimum absolute atomic E-state index is 0.641. The van der Waals surface area contributed by atoms with Crippen LogP contribution in [0.3, 0.4) is 0 Å². The Kier molecular flexibility index (Phi) is 10.8. The molecule has 110 valence electrons. The summed E-state index contributed by atoms with van der Waals surface area (Å²) < 4.78 is 26.2. The fourth-order valence-electron chi connectivity index (χ4n) is 1.40. The second kappa shape index (κ2) is 10.8. The predicted molar refractivity (Wildman–Crippen MR) is 70.3 cm³/mol. The molecule has 0 radical (unpaired) electrons. The minimum Gasteiger partial charge on any atom is -0.400 e. The highest BCUT2D eigenvalue weighted by atomic mass is 28.3. The molecule has 0 aromatic carbocycles. The lowest BCUT2D eigenvalue weighted by atomic mass is 10.5. The van der Waals surface area contributed by atoms with Gasteiger partial charge in [-0.1, -0.05) is 0 Å². The van der Waals surface area contributed by atoms with Gasteiger partial charge in [-0.2, -0.15) is 0 Å². The van der Waals surface area contributed by atoms with Crippen LogP contribution in [0.4, 0.5) is 0 Å². The minimum atomic E-state index is -1.89. The molecule has 0 saturated carbocycles. The highest BCUT2D eigenvalue weighted by Gasteiger charge is 2.35. The average molecular weight is 282 g/mol. The van der Waals surface area contributed by atoms with Gasteiger partial charge in [0, 0.05) is 41.5 Å². The molecule has 7 nitrogen and oxygen atoms in total. The van der Waals surface area contributed by atoms with Gasteiger partial charge < -0.3 is 34.1 Å². The van der Waals surface area contributed by atoms with E-state index < -0.39 is 15.4 Å². The van der Waals surface area contributed by atoms with E-state index in [-0.39, 0.29) is 0 Å². The van der Waals surface area contributed by atoms with Crippen molar-refractivity contribution in [3.05, 3.63) is 0 Å². The highest BCUT2D eigenvalue weighted by Crippen LogP contribution is 2.17. The van der Waals surface area contributed by atoms with Crippen LogP contribution in [0.15, 0.2) is 0 Å². The summed E-state index contributed by atoms with van der Waals surface area (Å²) in [4.78, 5) is 0. The second-order valence-electron chi connectivity index (χ2n) is 3.58. The molecule has 0 rings (SSSR count). The Morgan fingerprint density at radius 2 is 1.67 bits per heavy atom. The average Bonchev–Trinajstić information content (AvgIpc) is 2.43. The standard InChI is InChI=1S/C10H26N2O5Si/c1-13-10(14-2,15-3)17-18(16-4)9-5-7-12-8-6-11/h12,18H,5-9,11H2,1-4H3. The molecule has 3 N–H and O–H groups in total. The normalized spacial score (nSPS) is 13.8. The largest absolute Gasteiger partial charge is 0.403 e. The Labute approximate surface area is 111 Å². The Morgan fingerprint density at radius 3 is 2.11 bits per heavy atom. The van der Waals surface area contributed by atoms with Crippen molar-refractivity contribution in [3.8, 4) is 0 Å². The summed E-state index contributed by atoms with van der Waals surface area (Å²) >= 11 is 0. The molecule has 0 aliphatic rings. The van der Waals surface area contributed by atoms with Crippen molar-refractivity contribution in [1.29, 1.82) is 0 Å². The molecule has 0 fully saturated rings. The number of rotatable bonds is 12. The van der Waals surface area contributed by atoms with Crippen LogP contribution in [0.2, 0.25) is 6.04 Å². The predicted octanol–water partition coefficient (Wildman–Crippen LogP) is -0.641. The fraction of sp³-hybridized carbons (Fsp3) is 1.00. The molecule has 0 aliphatic carbocycles. The van der Waals surface area contributed by atoms with E-state index in [0.29, 0.717) is 6.54 Å². The van der Waals surface area contributed by atoms with Crippen molar-refractivity contribution in [2.75, 3.05) is 48.1 Å². The molecule has 0 aromatic rings. The highest BCUT2D eigenvalue weighted by molar-refractivity contribution is 6.44. The molecule has 0 aromatic heterocycles. The maximum atomic E-state index is 5.64. The van der Waals surface area contributed by atoms with E-state index in [4.69, 9.17) is 28.8 Å². The molecule has 0 heterocycles. The molecule has 0 saturated heterocycles. The summed E-state index contributed by atoms with van der Waals surface area (Å²) in [6.07, 6.45) is -0.518. The summed E-state index contributed by atoms with van der Waals surface area (Å²) in [5.74, 6) is 0. The molecule has 8 heteroatoms. The monoisotopic (exact) mass is 282 g/mol. The molecule has 0 aliphatic heterocycles. The van der Waals surface area contributed by atoms with Gasteiger partial charge in [0.1, 0.15) is 0 Å². The van der Waals surface area contributed by atoms with E-state index in [9.17, 15) is 0 Å². The van der Waals surface area contributed by atoms with Crippen LogP contribution in [0.1, 0.15) is 6.42 Å². The molecular weight excluding hydrogens is 256 g/mol. The summed E-state index contributed by atoms with van der Waals surface area (Å²) in [7, 11) is 4.10. The topological polar surface area (TPSA) is 84.2 Å². The second-order valence-corrected chi connectivity index (χ2v) is 5.72. The number of ether oxygens (including phenoxy) is 3. The van der Waals surface area contributed by atoms with Crippen LogP contribution >= 0.6 is 0 Å². The van der Waals surface area contributed by atoms with E-state index in [0.717, 1.165) is 25.6 Å². The number of nitrogens with one attached hydrogen (secondary N) is 1. The molecule has 0 spiro atoms. The summed E-state index contributed by atoms with van der Waals surface area (Å²) in [6, 6.07) is 0.825. The van der Waals surface area contributed by atoms with Gasteiger partial charge >= 0.3 is 15.4 Å². The summed E-state index contributed by atoms with van der Waals surface area (Å²) in [6.45, 7) is 2.34. The van der Waals surface area contributed by atoms with Crippen LogP contribution in [0.25, 0.3) is 0 Å². The zero-order chi connectivity index (χ0) is 13.9. The quantitative estimate of drug-likeness (QED) is 0.280. The Balaban J connectivity index is 4.00. The lowest BCUT2D eigenvalue weighted by Crippen LogP contribution is -2.45. The van der Waals surface area contributed by atoms with Crippen LogP contribution < -0.4 is 11.1 Å². The third-order valence-corrected chi connectivity index (χ3v) is 4.36. The zero-order valence-electron chi connectivity index (χ0n) is 11.7. The fourth-order valence-corrected chi connectivity index (χ4v) is 3.00. The Hall–Kier alpha value is -0.0631. The van der Waals surface area contributed by atoms with Gasteiger partial charge in [0.2, 0.25) is 0 Å². The SMILES string of the molecule is CO[SiH](CCCNCCN)OC(OC)(OC)OC. The van der Waals surface area contributed by atoms with E-state index in [2.05, 4.69) is 5.32 Å². The molecule has 1 unspecified atom stereocenters. The van der Waals surface area contributed by atoms with Gasteiger partial charge in [-0.15, -0.1) is 0 Å². The van der Waals surface area contributed by atoms with E-state index in [1.807, 2.05) is 0 Å². The van der Waals surface area contributed by atoms with Crippen molar-refractivity contribution >= 4 is 9.28 Å². The lowest BCUT2D eigenvalue weighted by molar-refractivity contribution is -0.454. The van der Waals surface area contributed by atoms with Crippen molar-refractivity contribution in [2.24, 2.45) is 5.73 Å². The third-order valence-electron chi connectivity index (χ3n) is 2.40. The number of nitrogens with two attached hydrogens (primary N) is 1. The third kappa shape index (κ3) is 6.76. The molecular formula is C10H26N2O5Si. The van der Waals surface area contributed by atoms with Crippen LogP contribution in [-0.4, -0.2) is 63.5 Å². The number of hydrogen-bond donors (Lipinski definition) is 2. The van der Waals surface area contributed by atoms with Crippen molar-refractivity contribution in [2.45, 2.75) is 18.6 Å². The van der Waals surface area contributed by atoms with Gasteiger partial charge in [-0.3, -0.25) is 0 Å². The van der Waals surface area contributed by atoms with Gasteiger partial charge in [0.25, 0.3) is 0 Å². The number of methoxy groups -OCH3 is 3. The molecule has 1 atom stereocenters. The van der Waals surface area contributed by atoms with Crippen molar-refractivity contribution in [1.82, 2.24) is 5.32 Å². The van der Waals surface area contributed by atoms with Crippen LogP contribution in [-0.2, 0) is 23.1 Å². The van der Waals surface area contributed by atoms with Gasteiger partial charge in [0.15, 0.2) is 0 Å². The molecule has 18 heavy (non-hydrogen) atoms. The van der Waals surface area contributed by atoms with E-state index >= 15 is 0 Å². The van der Waals surface area contributed by atoms with Crippen molar-refractivity contribution in [3.63, 3.8) is 0 Å². The van der Waals surface area contributed by atoms with Gasteiger partial charge in [-0.05, 0) is 19.0 Å². The number of hydrogen-bond acceptors (Lipinski definition) is 7. The zero-order valence-corrected chi connectivity index (χ0v) is 12.9. The van der Waals surface area contributed by atoms with Gasteiger partial charge in [0.05, 0.1) is 0 Å². The van der Waals surface area contributed by atoms with Crippen molar-refractivity contribution < 1.29 is 23.1 Å². The maximum absolute atomic E-state index is 5.64. The lowest BCUT2D eigenvalue weighted by Gasteiger charge is -2.30. The maximum Gasteiger partial charge on any atom is 0.403 e. The van der Waals surface area contributed by atoms with E-state index in [1.54, 1.807) is 7.11 Å². The summed E-state index contributed by atoms with van der Waals surface area (Å²) in [5.41, 5.74) is 5.38. The molecule has 0 bridgehead atoms. The Bertz CT molecular complexity index is 187. The van der Waals surface area contributed by atoms with Gasteiger partial charge in [-0.25, -0.2) is 0 Å². The smallest absolute Gasteiger partial charge is 0.400 e. The first kappa shape index (κ1) is 17.9. The van der Waals surface area contributed by atoms with Crippen LogP contribution in [0, 0.1) is 0 Å². The first-order valence-corrected chi connectivity index (χ1v) is 7.70. The first-order valence-electron chi connectivity index (χ1n) is 5.94. The molecule has 0 amide bonds. The first-order chi connectivity index (χ1) is 8.67. The Morgan fingerprint density at radius 1 is 1.06 bits per heavy atom. The van der Waals surface area contributed by atoms with E-state index in [1.165, 1.54) is 21.3 Å².